The Morgan fingerprint density at radius 2 is 2.10 bits per heavy atom. The van der Waals surface area contributed by atoms with Gasteiger partial charge in [0.25, 0.3) is 0 Å². The maximum absolute atomic E-state index is 12.2. The van der Waals surface area contributed by atoms with Crippen LogP contribution in [0.15, 0.2) is 27.8 Å². The number of halogens is 1. The zero-order valence-corrected chi connectivity index (χ0v) is 14.0. The summed E-state index contributed by atoms with van der Waals surface area (Å²) < 4.78 is 26.1. The molecule has 0 aliphatic carbocycles. The molecule has 8 heteroatoms. The minimum Gasteiger partial charge on any atom is -0.355 e. The van der Waals surface area contributed by atoms with Crippen molar-refractivity contribution in [2.24, 2.45) is 5.92 Å². The monoisotopic (exact) mass is 363 g/mol. The highest BCUT2D eigenvalue weighted by atomic mass is 79.9. The Kier molecular flexibility index (Phi) is 6.09. The van der Waals surface area contributed by atoms with Gasteiger partial charge in [-0.25, -0.2) is 8.42 Å². The van der Waals surface area contributed by atoms with Crippen LogP contribution in [-0.4, -0.2) is 43.8 Å². The van der Waals surface area contributed by atoms with E-state index in [2.05, 4.69) is 26.2 Å². The van der Waals surface area contributed by atoms with Gasteiger partial charge in [0.15, 0.2) is 0 Å². The fraction of sp³-hybridized carbons (Fsp3) is 0.500. The number of sulfonamides is 1. The van der Waals surface area contributed by atoms with Gasteiger partial charge in [-0.3, -0.25) is 9.78 Å². The number of rotatable bonds is 6. The predicted octanol–water partition coefficient (Wildman–Crippen LogP) is 1.24. The van der Waals surface area contributed by atoms with Crippen LogP contribution < -0.4 is 5.32 Å². The maximum Gasteiger partial charge on any atom is 0.244 e. The summed E-state index contributed by atoms with van der Waals surface area (Å²) in [6.45, 7) is 4.23. The lowest BCUT2D eigenvalue weighted by atomic mass is 10.2. The second-order valence-electron chi connectivity index (χ2n) is 4.80. The van der Waals surface area contributed by atoms with Gasteiger partial charge in [0.1, 0.15) is 4.90 Å². The minimum atomic E-state index is -3.72. The average Bonchev–Trinajstić information content (AvgIpc) is 2.36. The molecule has 1 heterocycles. The van der Waals surface area contributed by atoms with E-state index in [1.54, 1.807) is 0 Å². The Hall–Kier alpha value is -0.990. The van der Waals surface area contributed by atoms with E-state index in [1.807, 2.05) is 13.8 Å². The molecule has 0 saturated heterocycles. The Morgan fingerprint density at radius 1 is 1.45 bits per heavy atom. The largest absolute Gasteiger partial charge is 0.355 e. The molecule has 112 valence electrons. The molecular weight excluding hydrogens is 346 g/mol. The smallest absolute Gasteiger partial charge is 0.244 e. The number of hydrogen-bond donors (Lipinski definition) is 1. The first-order valence-electron chi connectivity index (χ1n) is 6.07. The van der Waals surface area contributed by atoms with Gasteiger partial charge >= 0.3 is 0 Å². The van der Waals surface area contributed by atoms with Crippen molar-refractivity contribution in [3.8, 4) is 0 Å². The molecule has 0 atom stereocenters. The Bertz CT molecular complexity index is 575. The van der Waals surface area contributed by atoms with Crippen molar-refractivity contribution < 1.29 is 13.2 Å². The number of likely N-dealkylation sites (N-methyl/N-ethyl adjacent to an activating group) is 1. The molecule has 0 spiro atoms. The van der Waals surface area contributed by atoms with Crippen LogP contribution in [-0.2, 0) is 14.8 Å². The summed E-state index contributed by atoms with van der Waals surface area (Å²) in [4.78, 5) is 15.5. The number of pyridine rings is 1. The topological polar surface area (TPSA) is 79.4 Å². The molecule has 1 aromatic rings. The summed E-state index contributed by atoms with van der Waals surface area (Å²) in [5, 5.41) is 2.68. The van der Waals surface area contributed by atoms with Crippen LogP contribution in [0, 0.1) is 5.92 Å². The first-order chi connectivity index (χ1) is 9.23. The first kappa shape index (κ1) is 17.1. The number of nitrogens with one attached hydrogen (secondary N) is 1. The first-order valence-corrected chi connectivity index (χ1v) is 8.30. The van der Waals surface area contributed by atoms with Crippen LogP contribution in [0.2, 0.25) is 0 Å². The van der Waals surface area contributed by atoms with Gasteiger partial charge in [0.2, 0.25) is 15.9 Å². The van der Waals surface area contributed by atoms with Crippen molar-refractivity contribution in [2.75, 3.05) is 20.1 Å². The van der Waals surface area contributed by atoms with E-state index in [-0.39, 0.29) is 17.3 Å². The standard InChI is InChI=1S/C12H18BrN3O3S/c1-9(2)5-15-12(17)8-16(3)20(18,19)11-4-10(13)6-14-7-11/h4,6-7,9H,5,8H2,1-3H3,(H,15,17). The Labute approximate surface area is 127 Å². The molecule has 0 aliphatic heterocycles. The van der Waals surface area contributed by atoms with E-state index in [0.717, 1.165) is 4.31 Å². The molecular formula is C12H18BrN3O3S. The number of carbonyl (C=O) groups excluding carboxylic acids is 1. The van der Waals surface area contributed by atoms with Gasteiger partial charge in [0, 0.05) is 30.5 Å². The number of amides is 1. The third kappa shape index (κ3) is 4.84. The van der Waals surface area contributed by atoms with Gasteiger partial charge in [0.05, 0.1) is 6.54 Å². The summed E-state index contributed by atoms with van der Waals surface area (Å²) in [5.41, 5.74) is 0. The summed E-state index contributed by atoms with van der Waals surface area (Å²) >= 11 is 3.17. The van der Waals surface area contributed by atoms with Crippen molar-refractivity contribution >= 4 is 31.9 Å². The number of carbonyl (C=O) groups is 1. The highest BCUT2D eigenvalue weighted by molar-refractivity contribution is 9.10. The average molecular weight is 364 g/mol. The van der Waals surface area contributed by atoms with Gasteiger partial charge in [-0.15, -0.1) is 0 Å². The molecule has 0 unspecified atom stereocenters. The number of aromatic nitrogens is 1. The van der Waals surface area contributed by atoms with E-state index in [9.17, 15) is 13.2 Å². The van der Waals surface area contributed by atoms with Crippen LogP contribution in [0.25, 0.3) is 0 Å². The summed E-state index contributed by atoms with van der Waals surface area (Å²) in [5.74, 6) is -0.0112. The molecule has 0 aliphatic rings. The fourth-order valence-corrected chi connectivity index (χ4v) is 3.01. The summed E-state index contributed by atoms with van der Waals surface area (Å²) in [6.07, 6.45) is 2.75. The van der Waals surface area contributed by atoms with Crippen molar-refractivity contribution in [2.45, 2.75) is 18.7 Å². The van der Waals surface area contributed by atoms with Crippen LogP contribution in [0.3, 0.4) is 0 Å². The van der Waals surface area contributed by atoms with Gasteiger partial charge in [-0.1, -0.05) is 13.8 Å². The summed E-state index contributed by atoms with van der Waals surface area (Å²) in [7, 11) is -2.35. The zero-order chi connectivity index (χ0) is 15.3. The molecule has 20 heavy (non-hydrogen) atoms. The van der Waals surface area contributed by atoms with E-state index in [0.29, 0.717) is 16.9 Å². The predicted molar refractivity (Wildman–Crippen MR) is 79.6 cm³/mol. The van der Waals surface area contributed by atoms with Gasteiger partial charge in [-0.2, -0.15) is 4.31 Å². The van der Waals surface area contributed by atoms with Gasteiger partial charge in [-0.05, 0) is 27.9 Å². The van der Waals surface area contributed by atoms with Crippen molar-refractivity contribution in [3.05, 3.63) is 22.9 Å². The van der Waals surface area contributed by atoms with Crippen molar-refractivity contribution in [3.63, 3.8) is 0 Å². The lowest BCUT2D eigenvalue weighted by molar-refractivity contribution is -0.121. The van der Waals surface area contributed by atoms with E-state index in [4.69, 9.17) is 0 Å². The molecule has 0 saturated carbocycles. The Morgan fingerprint density at radius 3 is 2.65 bits per heavy atom. The molecule has 0 radical (unpaired) electrons. The van der Waals surface area contributed by atoms with E-state index in [1.165, 1.54) is 25.5 Å². The number of nitrogens with zero attached hydrogens (tertiary/aromatic N) is 2. The minimum absolute atomic E-state index is 0.0473. The van der Waals surface area contributed by atoms with Crippen LogP contribution >= 0.6 is 15.9 Å². The molecule has 1 rings (SSSR count). The quantitative estimate of drug-likeness (QED) is 0.824. The van der Waals surface area contributed by atoms with E-state index >= 15 is 0 Å². The summed E-state index contributed by atoms with van der Waals surface area (Å²) in [6, 6.07) is 1.45. The third-order valence-electron chi connectivity index (χ3n) is 2.46. The number of hydrogen-bond acceptors (Lipinski definition) is 4. The molecule has 1 aromatic heterocycles. The third-order valence-corrected chi connectivity index (χ3v) is 4.66. The van der Waals surface area contributed by atoms with Crippen LogP contribution in [0.4, 0.5) is 0 Å². The highest BCUT2D eigenvalue weighted by Gasteiger charge is 2.23. The zero-order valence-electron chi connectivity index (χ0n) is 11.6. The van der Waals surface area contributed by atoms with E-state index < -0.39 is 10.0 Å². The van der Waals surface area contributed by atoms with Crippen LogP contribution in [0.5, 0.6) is 0 Å². The van der Waals surface area contributed by atoms with Gasteiger partial charge < -0.3 is 5.32 Å². The maximum atomic E-state index is 12.2. The Balaban J connectivity index is 2.75. The molecule has 6 nitrogen and oxygen atoms in total. The second kappa shape index (κ2) is 7.14. The fourth-order valence-electron chi connectivity index (χ4n) is 1.37. The highest BCUT2D eigenvalue weighted by Crippen LogP contribution is 2.17. The lowest BCUT2D eigenvalue weighted by Crippen LogP contribution is -2.39. The molecule has 0 fully saturated rings. The molecule has 1 N–H and O–H groups in total. The second-order valence-corrected chi connectivity index (χ2v) is 7.76. The normalized spacial score (nSPS) is 11.9. The molecule has 0 aromatic carbocycles. The SMILES string of the molecule is CC(C)CNC(=O)CN(C)S(=O)(=O)c1cncc(Br)c1. The molecule has 1 amide bonds. The lowest BCUT2D eigenvalue weighted by Gasteiger charge is -2.17. The molecule has 0 bridgehead atoms. The van der Waals surface area contributed by atoms with Crippen molar-refractivity contribution in [1.82, 2.24) is 14.6 Å². The van der Waals surface area contributed by atoms with Crippen molar-refractivity contribution in [1.29, 1.82) is 0 Å². The van der Waals surface area contributed by atoms with Crippen LogP contribution in [0.1, 0.15) is 13.8 Å².